The molecule has 14 heavy (non-hydrogen) atoms. The van der Waals surface area contributed by atoms with Crippen molar-refractivity contribution in [1.29, 1.82) is 0 Å². The fourth-order valence-electron chi connectivity index (χ4n) is 1.43. The molecule has 0 fully saturated rings. The zero-order valence-electron chi connectivity index (χ0n) is 8.04. The molecule has 0 saturated carbocycles. The summed E-state index contributed by atoms with van der Waals surface area (Å²) in [5, 5.41) is 0. The average Bonchev–Trinajstić information content (AvgIpc) is 2.46. The highest BCUT2D eigenvalue weighted by atomic mass is 19.1. The van der Waals surface area contributed by atoms with E-state index in [4.69, 9.17) is 4.42 Å². The van der Waals surface area contributed by atoms with Crippen molar-refractivity contribution in [2.45, 2.75) is 13.8 Å². The van der Waals surface area contributed by atoms with Gasteiger partial charge in [0.05, 0.1) is 11.3 Å². The van der Waals surface area contributed by atoms with Crippen LogP contribution in [0, 0.1) is 19.7 Å². The molecular formula is C11H10FNO. The van der Waals surface area contributed by atoms with Crippen LogP contribution < -0.4 is 0 Å². The van der Waals surface area contributed by atoms with Crippen molar-refractivity contribution in [3.8, 4) is 11.3 Å². The van der Waals surface area contributed by atoms with Gasteiger partial charge >= 0.3 is 0 Å². The minimum Gasteiger partial charge on any atom is -0.441 e. The number of rotatable bonds is 1. The van der Waals surface area contributed by atoms with Gasteiger partial charge in [-0.3, -0.25) is 0 Å². The first-order valence-electron chi connectivity index (χ1n) is 4.37. The quantitative estimate of drug-likeness (QED) is 0.692. The number of aromatic nitrogens is 1. The Morgan fingerprint density at radius 2 is 1.93 bits per heavy atom. The lowest BCUT2D eigenvalue weighted by atomic mass is 10.1. The maximum atomic E-state index is 13.4. The molecule has 0 spiro atoms. The number of nitrogens with zero attached hydrogens (tertiary/aromatic N) is 1. The fraction of sp³-hybridized carbons (Fsp3) is 0.182. The van der Waals surface area contributed by atoms with Crippen LogP contribution >= 0.6 is 0 Å². The van der Waals surface area contributed by atoms with Gasteiger partial charge in [0.1, 0.15) is 5.82 Å². The molecule has 2 rings (SSSR count). The normalized spacial score (nSPS) is 10.5. The number of hydrogen-bond acceptors (Lipinski definition) is 2. The lowest BCUT2D eigenvalue weighted by Crippen LogP contribution is -1.83. The molecule has 72 valence electrons. The number of hydrogen-bond donors (Lipinski definition) is 0. The molecule has 1 heterocycles. The van der Waals surface area contributed by atoms with E-state index >= 15 is 0 Å². The zero-order valence-corrected chi connectivity index (χ0v) is 8.04. The van der Waals surface area contributed by atoms with Crippen LogP contribution in [0.5, 0.6) is 0 Å². The second kappa shape index (κ2) is 3.25. The summed E-state index contributed by atoms with van der Waals surface area (Å²) in [6.45, 7) is 3.55. The molecule has 0 N–H and O–H groups in total. The van der Waals surface area contributed by atoms with Crippen LogP contribution in [0.4, 0.5) is 4.39 Å². The molecule has 1 aromatic carbocycles. The van der Waals surface area contributed by atoms with Crippen molar-refractivity contribution < 1.29 is 8.81 Å². The molecule has 0 amide bonds. The van der Waals surface area contributed by atoms with E-state index < -0.39 is 0 Å². The summed E-state index contributed by atoms with van der Waals surface area (Å²) in [5.74, 6) is 0.785. The highest BCUT2D eigenvalue weighted by Crippen LogP contribution is 2.26. The average molecular weight is 191 g/mol. The second-order valence-electron chi connectivity index (χ2n) is 3.13. The van der Waals surface area contributed by atoms with Crippen LogP contribution in [0.3, 0.4) is 0 Å². The van der Waals surface area contributed by atoms with Gasteiger partial charge in [0, 0.05) is 6.92 Å². The van der Waals surface area contributed by atoms with Crippen LogP contribution in [0.2, 0.25) is 0 Å². The van der Waals surface area contributed by atoms with Gasteiger partial charge in [-0.25, -0.2) is 9.37 Å². The first-order valence-corrected chi connectivity index (χ1v) is 4.37. The Morgan fingerprint density at radius 1 is 1.21 bits per heavy atom. The van der Waals surface area contributed by atoms with Gasteiger partial charge in [0.25, 0.3) is 0 Å². The fourth-order valence-corrected chi connectivity index (χ4v) is 1.43. The van der Waals surface area contributed by atoms with Gasteiger partial charge in [-0.15, -0.1) is 0 Å². The molecule has 0 atom stereocenters. The lowest BCUT2D eigenvalue weighted by molar-refractivity contribution is 0.528. The monoisotopic (exact) mass is 191 g/mol. The number of halogens is 1. The summed E-state index contributed by atoms with van der Waals surface area (Å²) in [5.41, 5.74) is 1.18. The third-order valence-electron chi connectivity index (χ3n) is 2.02. The molecule has 2 aromatic rings. The summed E-state index contributed by atoms with van der Waals surface area (Å²) >= 11 is 0. The highest BCUT2D eigenvalue weighted by molar-refractivity contribution is 5.60. The Bertz CT molecular complexity index is 462. The van der Waals surface area contributed by atoms with Crippen LogP contribution in [0.25, 0.3) is 11.3 Å². The van der Waals surface area contributed by atoms with Crippen molar-refractivity contribution in [2.75, 3.05) is 0 Å². The molecule has 0 radical (unpaired) electrons. The van der Waals surface area contributed by atoms with Gasteiger partial charge in [0.15, 0.2) is 11.7 Å². The molecule has 0 bridgehead atoms. The Hall–Kier alpha value is -1.64. The molecule has 1 aromatic heterocycles. The van der Waals surface area contributed by atoms with Crippen molar-refractivity contribution in [3.05, 3.63) is 41.7 Å². The molecule has 0 saturated heterocycles. The van der Waals surface area contributed by atoms with E-state index in [1.54, 1.807) is 32.0 Å². The van der Waals surface area contributed by atoms with Crippen LogP contribution in [0.1, 0.15) is 11.6 Å². The molecule has 0 aliphatic carbocycles. The lowest BCUT2D eigenvalue weighted by Gasteiger charge is -1.98. The maximum Gasteiger partial charge on any atom is 0.192 e. The zero-order chi connectivity index (χ0) is 10.1. The van der Waals surface area contributed by atoms with Crippen molar-refractivity contribution >= 4 is 0 Å². The Balaban J connectivity index is 2.60. The molecule has 0 aliphatic heterocycles. The molecule has 0 unspecified atom stereocenters. The summed E-state index contributed by atoms with van der Waals surface area (Å²) in [6.07, 6.45) is 0. The van der Waals surface area contributed by atoms with Crippen molar-refractivity contribution in [3.63, 3.8) is 0 Å². The Kier molecular flexibility index (Phi) is 2.08. The van der Waals surface area contributed by atoms with Gasteiger partial charge in [-0.05, 0) is 19.1 Å². The van der Waals surface area contributed by atoms with Gasteiger partial charge in [-0.1, -0.05) is 12.1 Å². The minimum atomic E-state index is -0.285. The van der Waals surface area contributed by atoms with Crippen LogP contribution in [-0.4, -0.2) is 4.98 Å². The minimum absolute atomic E-state index is 0.285. The smallest absolute Gasteiger partial charge is 0.192 e. The van der Waals surface area contributed by atoms with E-state index in [2.05, 4.69) is 4.98 Å². The van der Waals surface area contributed by atoms with E-state index in [1.807, 2.05) is 0 Å². The number of oxazole rings is 1. The van der Waals surface area contributed by atoms with E-state index in [0.29, 0.717) is 22.9 Å². The topological polar surface area (TPSA) is 26.0 Å². The first-order chi connectivity index (χ1) is 6.68. The summed E-state index contributed by atoms with van der Waals surface area (Å²) in [7, 11) is 0. The van der Waals surface area contributed by atoms with Gasteiger partial charge in [0.2, 0.25) is 0 Å². The third kappa shape index (κ3) is 1.41. The Morgan fingerprint density at radius 3 is 2.50 bits per heavy atom. The van der Waals surface area contributed by atoms with Crippen molar-refractivity contribution in [1.82, 2.24) is 4.98 Å². The van der Waals surface area contributed by atoms with Crippen LogP contribution in [0.15, 0.2) is 28.7 Å². The molecular weight excluding hydrogens is 181 g/mol. The van der Waals surface area contributed by atoms with E-state index in [9.17, 15) is 4.39 Å². The number of benzene rings is 1. The van der Waals surface area contributed by atoms with Crippen LogP contribution in [-0.2, 0) is 0 Å². The predicted molar refractivity (Wildman–Crippen MR) is 51.4 cm³/mol. The van der Waals surface area contributed by atoms with E-state index in [0.717, 1.165) is 0 Å². The molecule has 3 heteroatoms. The highest BCUT2D eigenvalue weighted by Gasteiger charge is 2.12. The van der Waals surface area contributed by atoms with Gasteiger partial charge < -0.3 is 4.42 Å². The largest absolute Gasteiger partial charge is 0.441 e. The molecule has 0 aliphatic rings. The number of aryl methyl sites for hydroxylation is 2. The van der Waals surface area contributed by atoms with Gasteiger partial charge in [-0.2, -0.15) is 0 Å². The standard InChI is InChI=1S/C11H10FNO/c1-7-11(14-8(2)13-7)9-5-3-4-6-10(9)12/h3-6H,1-2H3. The third-order valence-corrected chi connectivity index (χ3v) is 2.02. The predicted octanol–water partition coefficient (Wildman–Crippen LogP) is 3.10. The summed E-state index contributed by atoms with van der Waals surface area (Å²) < 4.78 is 18.7. The summed E-state index contributed by atoms with van der Waals surface area (Å²) in [4.78, 5) is 4.10. The molecule has 2 nitrogen and oxygen atoms in total. The second-order valence-corrected chi connectivity index (χ2v) is 3.13. The van der Waals surface area contributed by atoms with Crippen molar-refractivity contribution in [2.24, 2.45) is 0 Å². The van der Waals surface area contributed by atoms with E-state index in [-0.39, 0.29) is 5.82 Å². The maximum absolute atomic E-state index is 13.4. The first kappa shape index (κ1) is 8.94. The SMILES string of the molecule is Cc1nc(C)c(-c2ccccc2F)o1. The summed E-state index contributed by atoms with van der Waals surface area (Å²) in [6, 6.07) is 6.52. The van der Waals surface area contributed by atoms with E-state index in [1.165, 1.54) is 6.07 Å². The Labute approximate surface area is 81.4 Å².